The van der Waals surface area contributed by atoms with E-state index in [9.17, 15) is 0 Å². The molecule has 4 aromatic heterocycles. The van der Waals surface area contributed by atoms with Crippen molar-refractivity contribution in [1.29, 1.82) is 0 Å². The molecule has 5 nitrogen and oxygen atoms in total. The monoisotopic (exact) mass is 753 g/mol. The number of allylic oxidation sites excluding steroid dienone is 1. The zero-order chi connectivity index (χ0) is 29.7. The van der Waals surface area contributed by atoms with Crippen LogP contribution in [0, 0.1) is 25.0 Å². The van der Waals surface area contributed by atoms with Crippen LogP contribution in [0.5, 0.6) is 0 Å². The number of furan rings is 1. The maximum absolute atomic E-state index is 5.94. The number of hydrogen-bond donors (Lipinski definition) is 0. The molecule has 0 fully saturated rings. The summed E-state index contributed by atoms with van der Waals surface area (Å²) in [5.41, 5.74) is 10.1. The number of nitrogens with zero attached hydrogens (tertiary/aromatic N) is 4. The molecule has 0 amide bonds. The number of hydrogen-bond acceptors (Lipinski definition) is 4. The van der Waals surface area contributed by atoms with Crippen LogP contribution in [0.2, 0.25) is 0 Å². The molecule has 1 aliphatic rings. The molecule has 6 heteroatoms. The van der Waals surface area contributed by atoms with Gasteiger partial charge in [-0.3, -0.25) is 4.98 Å². The van der Waals surface area contributed by atoms with Gasteiger partial charge in [0.1, 0.15) is 0 Å². The number of aromatic nitrogens is 4. The first-order valence-corrected chi connectivity index (χ1v) is 14.7. The van der Waals surface area contributed by atoms with Gasteiger partial charge in [0.2, 0.25) is 5.71 Å². The number of aryl methyl sites for hydroxylation is 1. The Labute approximate surface area is 271 Å². The van der Waals surface area contributed by atoms with Gasteiger partial charge in [0, 0.05) is 37.4 Å². The van der Waals surface area contributed by atoms with Crippen LogP contribution < -0.4 is 0 Å². The van der Waals surface area contributed by atoms with Crippen LogP contribution in [-0.2, 0) is 25.6 Å². The third kappa shape index (κ3) is 4.98. The van der Waals surface area contributed by atoms with Crippen LogP contribution >= 0.6 is 0 Å². The molecule has 0 aliphatic carbocycles. The van der Waals surface area contributed by atoms with Gasteiger partial charge in [-0.05, 0) is 67.8 Å². The quantitative estimate of drug-likeness (QED) is 0.169. The van der Waals surface area contributed by atoms with E-state index in [1.165, 1.54) is 16.7 Å². The van der Waals surface area contributed by atoms with Crippen molar-refractivity contribution in [3.8, 4) is 22.6 Å². The molecule has 0 saturated heterocycles. The second-order valence-corrected chi connectivity index (χ2v) is 11.8. The minimum Gasteiger partial charge on any atom is -0.486 e. The molecular formula is C38H32IrN4O-2. The van der Waals surface area contributed by atoms with Gasteiger partial charge in [-0.15, -0.1) is 54.1 Å². The van der Waals surface area contributed by atoms with E-state index >= 15 is 0 Å². The molecule has 3 aromatic carbocycles. The van der Waals surface area contributed by atoms with Crippen molar-refractivity contribution in [3.63, 3.8) is 0 Å². The Morgan fingerprint density at radius 2 is 1.68 bits per heavy atom. The summed E-state index contributed by atoms with van der Waals surface area (Å²) in [6, 6.07) is 34.8. The van der Waals surface area contributed by atoms with Crippen molar-refractivity contribution in [2.75, 3.05) is 0 Å². The van der Waals surface area contributed by atoms with Crippen LogP contribution in [-0.4, -0.2) is 19.5 Å². The Kier molecular flexibility index (Phi) is 7.83. The largest absolute Gasteiger partial charge is 0.486 e. The zero-order valence-electron chi connectivity index (χ0n) is 25.3. The van der Waals surface area contributed by atoms with Gasteiger partial charge in [0.05, 0.1) is 28.0 Å². The van der Waals surface area contributed by atoms with Gasteiger partial charge in [0.25, 0.3) is 0 Å². The van der Waals surface area contributed by atoms with Crippen molar-refractivity contribution >= 4 is 39.2 Å². The SMILES string of the molecule is CC(C)C1=Cc2cccc3nc(-c4[c-]cccc4)n(c23)C1(C)C.Cc1ccc2c(n1)oc1c(-c3ccccn3)[c-]ccc12.[Ir]. The van der Waals surface area contributed by atoms with E-state index < -0.39 is 0 Å². The first kappa shape index (κ1) is 29.7. The van der Waals surface area contributed by atoms with Crippen LogP contribution in [0.15, 0.2) is 101 Å². The van der Waals surface area contributed by atoms with Crippen LogP contribution in [0.1, 0.15) is 39.0 Å². The summed E-state index contributed by atoms with van der Waals surface area (Å²) in [5.74, 6) is 1.49. The molecule has 7 aromatic rings. The third-order valence-electron chi connectivity index (χ3n) is 8.21. The van der Waals surface area contributed by atoms with Crippen molar-refractivity contribution < 1.29 is 24.5 Å². The zero-order valence-corrected chi connectivity index (χ0v) is 27.7. The van der Waals surface area contributed by atoms with Gasteiger partial charge in [-0.1, -0.05) is 55.1 Å². The summed E-state index contributed by atoms with van der Waals surface area (Å²) in [7, 11) is 0. The number of rotatable bonds is 3. The van der Waals surface area contributed by atoms with E-state index in [2.05, 4.69) is 84.7 Å². The molecule has 0 unspecified atom stereocenters. The van der Waals surface area contributed by atoms with E-state index in [1.807, 2.05) is 67.6 Å². The van der Waals surface area contributed by atoms with Crippen molar-refractivity contribution in [2.45, 2.75) is 40.2 Å². The van der Waals surface area contributed by atoms with E-state index in [1.54, 1.807) is 6.20 Å². The number of pyridine rings is 2. The van der Waals surface area contributed by atoms with E-state index in [4.69, 9.17) is 9.40 Å². The summed E-state index contributed by atoms with van der Waals surface area (Å²) in [4.78, 5) is 13.8. The average Bonchev–Trinajstić information content (AvgIpc) is 3.60. The first-order valence-electron chi connectivity index (χ1n) is 14.7. The van der Waals surface area contributed by atoms with Crippen LogP contribution in [0.3, 0.4) is 0 Å². The molecular weight excluding hydrogens is 721 g/mol. The molecule has 0 bridgehead atoms. The summed E-state index contributed by atoms with van der Waals surface area (Å²) < 4.78 is 8.34. The van der Waals surface area contributed by atoms with Gasteiger partial charge >= 0.3 is 0 Å². The predicted molar refractivity (Wildman–Crippen MR) is 174 cm³/mol. The minimum atomic E-state index is -0.101. The molecule has 44 heavy (non-hydrogen) atoms. The Bertz CT molecular complexity index is 2140. The third-order valence-corrected chi connectivity index (χ3v) is 8.21. The number of benzene rings is 3. The Hall–Kier alpha value is -4.38. The standard InChI is InChI=1S/C21H21N2.C17H11N2O.Ir/c1-14(2)17-13-16-11-8-12-18-19(16)23(21(17,3)4)20(22-18)15-9-6-5-7-10-15;1-11-8-9-13-12-5-4-6-14(15-7-2-3-10-18-15)16(12)20-17(13)19-11;/h5-9,11-14H,1-4H3;2-5,7-10H,1H3;/q2*-1;. The number of para-hydroxylation sites is 1. The van der Waals surface area contributed by atoms with Gasteiger partial charge in [0.15, 0.2) is 0 Å². The summed E-state index contributed by atoms with van der Waals surface area (Å²) in [6.45, 7) is 11.1. The maximum Gasteiger partial charge on any atom is 0.216 e. The predicted octanol–water partition coefficient (Wildman–Crippen LogP) is 9.44. The van der Waals surface area contributed by atoms with Gasteiger partial charge in [-0.2, -0.15) is 0 Å². The van der Waals surface area contributed by atoms with Crippen molar-refractivity contribution in [2.24, 2.45) is 5.92 Å². The molecule has 0 spiro atoms. The first-order chi connectivity index (χ1) is 20.8. The molecule has 1 aliphatic heterocycles. The second-order valence-electron chi connectivity index (χ2n) is 11.8. The van der Waals surface area contributed by atoms with E-state index in [0.29, 0.717) is 11.6 Å². The fourth-order valence-corrected chi connectivity index (χ4v) is 6.29. The molecule has 0 saturated carbocycles. The molecule has 8 rings (SSSR count). The summed E-state index contributed by atoms with van der Waals surface area (Å²) >= 11 is 0. The van der Waals surface area contributed by atoms with Gasteiger partial charge < -0.3 is 14.0 Å². The Morgan fingerprint density at radius 3 is 2.43 bits per heavy atom. The topological polar surface area (TPSA) is 56.7 Å². The van der Waals surface area contributed by atoms with E-state index in [0.717, 1.165) is 50.2 Å². The molecule has 1 radical (unpaired) electrons. The molecule has 0 N–H and O–H groups in total. The number of fused-ring (bicyclic) bond motifs is 3. The van der Waals surface area contributed by atoms with Crippen LogP contribution in [0.4, 0.5) is 0 Å². The Morgan fingerprint density at radius 1 is 0.841 bits per heavy atom. The van der Waals surface area contributed by atoms with E-state index in [-0.39, 0.29) is 25.6 Å². The van der Waals surface area contributed by atoms with Gasteiger partial charge in [-0.25, -0.2) is 4.98 Å². The normalized spacial score (nSPS) is 13.5. The molecule has 5 heterocycles. The fraction of sp³-hybridized carbons (Fsp3) is 0.184. The average molecular weight is 753 g/mol. The van der Waals surface area contributed by atoms with Crippen molar-refractivity contribution in [1.82, 2.24) is 19.5 Å². The van der Waals surface area contributed by atoms with Crippen LogP contribution in [0.25, 0.3) is 61.8 Å². The molecule has 0 atom stereocenters. The second kappa shape index (κ2) is 11.6. The van der Waals surface area contributed by atoms with Crippen molar-refractivity contribution in [3.05, 3.63) is 120 Å². The fourth-order valence-electron chi connectivity index (χ4n) is 6.29. The number of imidazole rings is 1. The minimum absolute atomic E-state index is 0. The summed E-state index contributed by atoms with van der Waals surface area (Å²) in [6.07, 6.45) is 4.13. The maximum atomic E-state index is 5.94. The molecule has 221 valence electrons. The Balaban J connectivity index is 0.000000154. The smallest absolute Gasteiger partial charge is 0.216 e. The summed E-state index contributed by atoms with van der Waals surface area (Å²) in [5, 5.41) is 2.07.